The van der Waals surface area contributed by atoms with Crippen molar-refractivity contribution >= 4 is 65.6 Å². The van der Waals surface area contributed by atoms with E-state index >= 15 is 0 Å². The fourth-order valence-corrected chi connectivity index (χ4v) is 9.17. The van der Waals surface area contributed by atoms with Crippen LogP contribution in [-0.4, -0.2) is 9.13 Å². The molecule has 0 amide bonds. The van der Waals surface area contributed by atoms with Crippen LogP contribution in [0.3, 0.4) is 0 Å². The van der Waals surface area contributed by atoms with E-state index in [1.807, 2.05) is 0 Å². The molecule has 12 rings (SSSR count). The summed E-state index contributed by atoms with van der Waals surface area (Å²) in [6.07, 6.45) is 0. The largest absolute Gasteiger partial charge is 0.454 e. The Balaban J connectivity index is 1.02. The average Bonchev–Trinajstić information content (AvgIpc) is 3.94. The fraction of sp³-hybridized carbons (Fsp3) is 0. The minimum atomic E-state index is 0.888. The predicted molar refractivity (Wildman–Crippen MR) is 239 cm³/mol. The quantitative estimate of drug-likeness (QED) is 0.173. The molecule has 0 bridgehead atoms. The van der Waals surface area contributed by atoms with E-state index < -0.39 is 0 Å². The Labute approximate surface area is 328 Å². The molecule has 0 aliphatic heterocycles. The van der Waals surface area contributed by atoms with Crippen molar-refractivity contribution in [1.29, 1.82) is 0 Å². The van der Waals surface area contributed by atoms with Crippen LogP contribution >= 0.6 is 0 Å². The maximum atomic E-state index is 6.78. The van der Waals surface area contributed by atoms with Gasteiger partial charge in [-0.3, -0.25) is 0 Å². The van der Waals surface area contributed by atoms with Gasteiger partial charge < -0.3 is 13.6 Å². The maximum Gasteiger partial charge on any atom is 0.159 e. The summed E-state index contributed by atoms with van der Waals surface area (Å²) in [6, 6.07) is 74.3. The fourth-order valence-electron chi connectivity index (χ4n) is 9.17. The number of nitrogens with zero attached hydrogens (tertiary/aromatic N) is 2. The minimum Gasteiger partial charge on any atom is -0.454 e. The summed E-state index contributed by atoms with van der Waals surface area (Å²) < 4.78 is 11.6. The first-order valence-electron chi connectivity index (χ1n) is 19.5. The van der Waals surface area contributed by atoms with E-state index in [-0.39, 0.29) is 0 Å². The van der Waals surface area contributed by atoms with Gasteiger partial charge in [-0.05, 0) is 94.0 Å². The van der Waals surface area contributed by atoms with Gasteiger partial charge in [0.25, 0.3) is 0 Å². The molecule has 0 aliphatic rings. The zero-order valence-electron chi connectivity index (χ0n) is 30.9. The highest BCUT2D eigenvalue weighted by molar-refractivity contribution is 6.17. The molecule has 57 heavy (non-hydrogen) atoms. The number of rotatable bonds is 5. The number of para-hydroxylation sites is 3. The first-order chi connectivity index (χ1) is 28.3. The second-order valence-corrected chi connectivity index (χ2v) is 14.9. The summed E-state index contributed by atoms with van der Waals surface area (Å²) in [4.78, 5) is 0. The van der Waals surface area contributed by atoms with Gasteiger partial charge in [0.1, 0.15) is 5.58 Å². The maximum absolute atomic E-state index is 6.78. The standard InChI is InChI=1S/C54H34N2O/c1-3-14-35(15-4-1)37-18-11-19-40(32-37)55-47-24-9-7-20-42(47)45-33-38(28-30-49(45)55)39-29-31-50-46(34-39)43-21-8-10-25-48(43)56(50)51-26-12-23-44-53-41(36-16-5-2-6-17-36)22-13-27-52(53)57-54(44)51/h1-34H. The summed E-state index contributed by atoms with van der Waals surface area (Å²) in [5, 5.41) is 7.16. The number of aromatic nitrogens is 2. The molecule has 0 unspecified atom stereocenters. The first kappa shape index (κ1) is 31.7. The summed E-state index contributed by atoms with van der Waals surface area (Å²) in [5.41, 5.74) is 15.8. The van der Waals surface area contributed by atoms with Crippen LogP contribution in [-0.2, 0) is 0 Å². The second-order valence-electron chi connectivity index (χ2n) is 14.9. The molecule has 0 fully saturated rings. The SMILES string of the molecule is c1ccc(-c2cccc(-n3c4ccccc4c4cc(-c5ccc6c(c5)c5ccccc5n6-c5cccc6c5oc5cccc(-c7ccccc7)c56)ccc43)c2)cc1. The van der Waals surface area contributed by atoms with Crippen molar-refractivity contribution < 1.29 is 4.42 Å². The van der Waals surface area contributed by atoms with Crippen LogP contribution in [0.1, 0.15) is 0 Å². The van der Waals surface area contributed by atoms with Crippen molar-refractivity contribution in [3.63, 3.8) is 0 Å². The molecule has 3 heteroatoms. The summed E-state index contributed by atoms with van der Waals surface area (Å²) >= 11 is 0. The van der Waals surface area contributed by atoms with Crippen LogP contribution in [0.2, 0.25) is 0 Å². The summed E-state index contributed by atoms with van der Waals surface area (Å²) in [7, 11) is 0. The van der Waals surface area contributed by atoms with E-state index in [2.05, 4.69) is 215 Å². The number of furan rings is 1. The van der Waals surface area contributed by atoms with Crippen molar-refractivity contribution in [1.82, 2.24) is 9.13 Å². The van der Waals surface area contributed by atoms with Crippen molar-refractivity contribution in [2.75, 3.05) is 0 Å². The van der Waals surface area contributed by atoms with Crippen LogP contribution in [0, 0.1) is 0 Å². The molecule has 3 aromatic heterocycles. The highest BCUT2D eigenvalue weighted by Crippen LogP contribution is 2.42. The molecule has 0 saturated heterocycles. The van der Waals surface area contributed by atoms with Crippen molar-refractivity contribution in [3.05, 3.63) is 206 Å². The number of benzene rings is 9. The molecule has 0 radical (unpaired) electrons. The van der Waals surface area contributed by atoms with Gasteiger partial charge in [-0.15, -0.1) is 0 Å². The Morgan fingerprint density at radius 1 is 0.316 bits per heavy atom. The van der Waals surface area contributed by atoms with Gasteiger partial charge in [0.05, 0.1) is 27.8 Å². The van der Waals surface area contributed by atoms with Crippen LogP contribution in [0.25, 0.3) is 110 Å². The normalized spacial score (nSPS) is 11.9. The molecule has 3 nitrogen and oxygen atoms in total. The van der Waals surface area contributed by atoms with Crippen LogP contribution in [0.4, 0.5) is 0 Å². The van der Waals surface area contributed by atoms with E-state index in [4.69, 9.17) is 4.42 Å². The van der Waals surface area contributed by atoms with Gasteiger partial charge in [0.15, 0.2) is 5.58 Å². The van der Waals surface area contributed by atoms with Gasteiger partial charge in [-0.1, -0.05) is 146 Å². The monoisotopic (exact) mass is 726 g/mol. The number of hydrogen-bond acceptors (Lipinski definition) is 1. The topological polar surface area (TPSA) is 23.0 Å². The zero-order valence-corrected chi connectivity index (χ0v) is 30.9. The third-order valence-electron chi connectivity index (χ3n) is 11.7. The summed E-state index contributed by atoms with van der Waals surface area (Å²) in [6.45, 7) is 0. The Kier molecular flexibility index (Phi) is 6.93. The second kappa shape index (κ2) is 12.5. The lowest BCUT2D eigenvalue weighted by Crippen LogP contribution is -1.94. The van der Waals surface area contributed by atoms with Crippen molar-refractivity contribution in [2.24, 2.45) is 0 Å². The molecule has 0 spiro atoms. The first-order valence-corrected chi connectivity index (χ1v) is 19.5. The van der Waals surface area contributed by atoms with Crippen molar-refractivity contribution in [3.8, 4) is 44.8 Å². The number of hydrogen-bond donors (Lipinski definition) is 0. The van der Waals surface area contributed by atoms with Gasteiger partial charge in [0, 0.05) is 38.0 Å². The highest BCUT2D eigenvalue weighted by Gasteiger charge is 2.20. The lowest BCUT2D eigenvalue weighted by molar-refractivity contribution is 0.666. The Morgan fingerprint density at radius 2 is 0.842 bits per heavy atom. The van der Waals surface area contributed by atoms with Gasteiger partial charge in [-0.25, -0.2) is 0 Å². The minimum absolute atomic E-state index is 0.888. The molecule has 9 aromatic carbocycles. The average molecular weight is 727 g/mol. The third kappa shape index (κ3) is 4.86. The smallest absolute Gasteiger partial charge is 0.159 e. The predicted octanol–water partition coefficient (Wildman–Crippen LogP) is 14.8. The van der Waals surface area contributed by atoms with E-state index in [1.165, 1.54) is 66.0 Å². The molecular formula is C54H34N2O. The van der Waals surface area contributed by atoms with E-state index in [9.17, 15) is 0 Å². The van der Waals surface area contributed by atoms with Gasteiger partial charge in [0.2, 0.25) is 0 Å². The molecule has 3 heterocycles. The Morgan fingerprint density at radius 3 is 1.56 bits per heavy atom. The molecule has 0 N–H and O–H groups in total. The Hall–Kier alpha value is -7.62. The lowest BCUT2D eigenvalue weighted by Gasteiger charge is -2.11. The third-order valence-corrected chi connectivity index (χ3v) is 11.7. The van der Waals surface area contributed by atoms with Gasteiger partial charge >= 0.3 is 0 Å². The van der Waals surface area contributed by atoms with Gasteiger partial charge in [-0.2, -0.15) is 0 Å². The van der Waals surface area contributed by atoms with Crippen LogP contribution in [0.5, 0.6) is 0 Å². The van der Waals surface area contributed by atoms with Crippen LogP contribution in [0.15, 0.2) is 211 Å². The summed E-state index contributed by atoms with van der Waals surface area (Å²) in [5.74, 6) is 0. The van der Waals surface area contributed by atoms with Crippen molar-refractivity contribution in [2.45, 2.75) is 0 Å². The van der Waals surface area contributed by atoms with Crippen LogP contribution < -0.4 is 0 Å². The molecule has 266 valence electrons. The zero-order chi connectivity index (χ0) is 37.5. The molecule has 0 atom stereocenters. The number of fused-ring (bicyclic) bond motifs is 9. The Bertz CT molecular complexity index is 3510. The van der Waals surface area contributed by atoms with E-state index in [1.54, 1.807) is 0 Å². The molecule has 0 aliphatic carbocycles. The highest BCUT2D eigenvalue weighted by atomic mass is 16.3. The van der Waals surface area contributed by atoms with E-state index in [0.29, 0.717) is 0 Å². The lowest BCUT2D eigenvalue weighted by atomic mass is 9.99. The molecule has 0 saturated carbocycles. The molecule has 12 aromatic rings. The molecular weight excluding hydrogens is 693 g/mol. The van der Waals surface area contributed by atoms with E-state index in [0.717, 1.165) is 44.3 Å².